The highest BCUT2D eigenvalue weighted by molar-refractivity contribution is 7.18. The number of carbonyl (C=O) groups excluding carboxylic acids is 2. The van der Waals surface area contributed by atoms with E-state index >= 15 is 0 Å². The lowest BCUT2D eigenvalue weighted by Crippen LogP contribution is -2.55. The van der Waals surface area contributed by atoms with Gasteiger partial charge in [-0.2, -0.15) is 0 Å². The van der Waals surface area contributed by atoms with E-state index in [0.29, 0.717) is 44.1 Å². The number of thiazole rings is 1. The topological polar surface area (TPSA) is 72.0 Å². The molecule has 0 radical (unpaired) electrons. The van der Waals surface area contributed by atoms with E-state index in [1.165, 1.54) is 4.70 Å². The molecule has 8 heteroatoms. The van der Waals surface area contributed by atoms with E-state index in [4.69, 9.17) is 9.47 Å². The Morgan fingerprint density at radius 1 is 0.969 bits per heavy atom. The maximum absolute atomic E-state index is 12.9. The van der Waals surface area contributed by atoms with Crippen molar-refractivity contribution < 1.29 is 19.1 Å². The van der Waals surface area contributed by atoms with Crippen molar-refractivity contribution in [1.29, 1.82) is 0 Å². The number of rotatable bonds is 5. The van der Waals surface area contributed by atoms with E-state index in [-0.39, 0.29) is 18.4 Å². The van der Waals surface area contributed by atoms with Crippen molar-refractivity contribution in [2.75, 3.05) is 32.8 Å². The van der Waals surface area contributed by atoms with Crippen molar-refractivity contribution in [3.05, 3.63) is 53.5 Å². The predicted molar refractivity (Wildman–Crippen MR) is 122 cm³/mol. The Kier molecular flexibility index (Phi) is 5.94. The molecule has 1 aromatic heterocycles. The zero-order chi connectivity index (χ0) is 21.9. The first-order valence-corrected chi connectivity index (χ1v) is 11.8. The number of para-hydroxylation sites is 3. The van der Waals surface area contributed by atoms with Crippen molar-refractivity contribution in [1.82, 2.24) is 14.8 Å². The van der Waals surface area contributed by atoms with E-state index < -0.39 is 6.10 Å². The molecule has 0 bridgehead atoms. The molecule has 7 nitrogen and oxygen atoms in total. The molecule has 2 aliphatic rings. The third kappa shape index (κ3) is 4.41. The van der Waals surface area contributed by atoms with Gasteiger partial charge in [0.05, 0.1) is 15.2 Å². The van der Waals surface area contributed by atoms with Crippen LogP contribution in [0.2, 0.25) is 0 Å². The first-order valence-electron chi connectivity index (χ1n) is 11.0. The van der Waals surface area contributed by atoms with E-state index in [9.17, 15) is 9.59 Å². The second-order valence-corrected chi connectivity index (χ2v) is 9.11. The smallest absolute Gasteiger partial charge is 0.267 e. The molecule has 1 saturated heterocycles. The van der Waals surface area contributed by atoms with Crippen LogP contribution in [-0.2, 0) is 16.0 Å². The largest absolute Gasteiger partial charge is 0.485 e. The molecule has 0 N–H and O–H groups in total. The van der Waals surface area contributed by atoms with Crippen LogP contribution in [0, 0.1) is 0 Å². The standard InChI is InChI=1S/C24H25N3O4S/c28-23(11-5-10-22-25-17-6-1-4-9-21(17)32-22)26-12-14-27(15-13-26)24(29)20-16-30-18-7-2-3-8-19(18)31-20/h1-4,6-9,20H,5,10-16H2. The molecular weight excluding hydrogens is 426 g/mol. The lowest BCUT2D eigenvalue weighted by molar-refractivity contribution is -0.146. The maximum Gasteiger partial charge on any atom is 0.267 e. The Balaban J connectivity index is 1.07. The van der Waals surface area contributed by atoms with Gasteiger partial charge in [-0.15, -0.1) is 11.3 Å². The number of fused-ring (bicyclic) bond motifs is 2. The minimum Gasteiger partial charge on any atom is -0.485 e. The van der Waals surface area contributed by atoms with Crippen LogP contribution in [0.3, 0.4) is 0 Å². The highest BCUT2D eigenvalue weighted by Crippen LogP contribution is 2.31. The molecule has 2 amide bonds. The average molecular weight is 452 g/mol. The summed E-state index contributed by atoms with van der Waals surface area (Å²) in [6.45, 7) is 2.35. The molecule has 3 aromatic rings. The molecule has 0 aliphatic carbocycles. The van der Waals surface area contributed by atoms with Crippen LogP contribution in [0.4, 0.5) is 0 Å². The summed E-state index contributed by atoms with van der Waals surface area (Å²) < 4.78 is 12.7. The second kappa shape index (κ2) is 9.16. The molecule has 2 aliphatic heterocycles. The normalized spacial score (nSPS) is 18.1. The minimum atomic E-state index is -0.638. The van der Waals surface area contributed by atoms with Gasteiger partial charge in [-0.1, -0.05) is 24.3 Å². The lowest BCUT2D eigenvalue weighted by Gasteiger charge is -2.37. The molecule has 0 saturated carbocycles. The Labute approximate surface area is 190 Å². The lowest BCUT2D eigenvalue weighted by atomic mass is 10.2. The first kappa shape index (κ1) is 20.8. The third-order valence-electron chi connectivity index (χ3n) is 5.85. The minimum absolute atomic E-state index is 0.0811. The van der Waals surface area contributed by atoms with Gasteiger partial charge in [0.25, 0.3) is 5.91 Å². The quantitative estimate of drug-likeness (QED) is 0.596. The number of amides is 2. The van der Waals surface area contributed by atoms with Crippen molar-refractivity contribution in [3.8, 4) is 11.5 Å². The molecule has 1 unspecified atom stereocenters. The fraction of sp³-hybridized carbons (Fsp3) is 0.375. The van der Waals surface area contributed by atoms with E-state index in [1.807, 2.05) is 41.3 Å². The average Bonchev–Trinajstić information content (AvgIpc) is 3.26. The van der Waals surface area contributed by atoms with Gasteiger partial charge < -0.3 is 19.3 Å². The van der Waals surface area contributed by atoms with Crippen LogP contribution < -0.4 is 9.47 Å². The van der Waals surface area contributed by atoms with Crippen molar-refractivity contribution in [2.24, 2.45) is 0 Å². The van der Waals surface area contributed by atoms with E-state index in [1.54, 1.807) is 22.3 Å². The SMILES string of the molecule is O=C(CCCc1nc2ccccc2s1)N1CCN(C(=O)C2COc3ccccc3O2)CC1. The predicted octanol–water partition coefficient (Wildman–Crippen LogP) is 3.13. The molecule has 1 atom stereocenters. The summed E-state index contributed by atoms with van der Waals surface area (Å²) in [5, 5.41) is 1.07. The van der Waals surface area contributed by atoms with Gasteiger partial charge in [-0.3, -0.25) is 9.59 Å². The number of hydrogen-bond donors (Lipinski definition) is 0. The second-order valence-electron chi connectivity index (χ2n) is 8.00. The summed E-state index contributed by atoms with van der Waals surface area (Å²) in [6, 6.07) is 15.5. The zero-order valence-electron chi connectivity index (χ0n) is 17.7. The van der Waals surface area contributed by atoms with Gasteiger partial charge in [0.1, 0.15) is 6.61 Å². The Morgan fingerprint density at radius 2 is 1.69 bits per heavy atom. The van der Waals surface area contributed by atoms with Gasteiger partial charge in [0.2, 0.25) is 12.0 Å². The molecule has 32 heavy (non-hydrogen) atoms. The van der Waals surface area contributed by atoms with Crippen LogP contribution in [0.1, 0.15) is 17.8 Å². The molecule has 5 rings (SSSR count). The Hall–Kier alpha value is -3.13. The van der Waals surface area contributed by atoms with Crippen LogP contribution in [0.5, 0.6) is 11.5 Å². The molecule has 0 spiro atoms. The summed E-state index contributed by atoms with van der Waals surface area (Å²) in [6.07, 6.45) is 1.45. The highest BCUT2D eigenvalue weighted by atomic mass is 32.1. The number of carbonyl (C=O) groups is 2. The molecule has 3 heterocycles. The number of ether oxygens (including phenoxy) is 2. The van der Waals surface area contributed by atoms with Gasteiger partial charge in [-0.25, -0.2) is 4.98 Å². The van der Waals surface area contributed by atoms with Crippen molar-refractivity contribution >= 4 is 33.4 Å². The monoisotopic (exact) mass is 451 g/mol. The number of aromatic nitrogens is 1. The van der Waals surface area contributed by atoms with Gasteiger partial charge in [0, 0.05) is 32.6 Å². The summed E-state index contributed by atoms with van der Waals surface area (Å²) in [5.74, 6) is 1.32. The number of hydrogen-bond acceptors (Lipinski definition) is 6. The summed E-state index contributed by atoms with van der Waals surface area (Å²) >= 11 is 1.70. The summed E-state index contributed by atoms with van der Waals surface area (Å²) in [4.78, 5) is 33.8. The number of benzene rings is 2. The van der Waals surface area contributed by atoms with Gasteiger partial charge in [-0.05, 0) is 37.1 Å². The fourth-order valence-electron chi connectivity index (χ4n) is 4.10. The van der Waals surface area contributed by atoms with Crippen LogP contribution in [-0.4, -0.2) is 65.5 Å². The van der Waals surface area contributed by atoms with Gasteiger partial charge >= 0.3 is 0 Å². The molecule has 166 valence electrons. The number of nitrogens with zero attached hydrogens (tertiary/aromatic N) is 3. The Morgan fingerprint density at radius 3 is 2.50 bits per heavy atom. The molecular formula is C24H25N3O4S. The van der Waals surface area contributed by atoms with Crippen LogP contribution >= 0.6 is 11.3 Å². The fourth-order valence-corrected chi connectivity index (χ4v) is 5.11. The summed E-state index contributed by atoms with van der Waals surface area (Å²) in [7, 11) is 0. The van der Waals surface area contributed by atoms with Crippen LogP contribution in [0.25, 0.3) is 10.2 Å². The van der Waals surface area contributed by atoms with E-state index in [0.717, 1.165) is 23.4 Å². The molecule has 1 fully saturated rings. The molecule has 2 aromatic carbocycles. The van der Waals surface area contributed by atoms with Gasteiger partial charge in [0.15, 0.2) is 11.5 Å². The highest BCUT2D eigenvalue weighted by Gasteiger charge is 2.33. The Bertz CT molecular complexity index is 1090. The zero-order valence-corrected chi connectivity index (χ0v) is 18.6. The third-order valence-corrected chi connectivity index (χ3v) is 6.94. The first-order chi connectivity index (χ1) is 15.7. The number of piperazine rings is 1. The van der Waals surface area contributed by atoms with Crippen LogP contribution in [0.15, 0.2) is 48.5 Å². The number of aryl methyl sites for hydroxylation is 1. The van der Waals surface area contributed by atoms with E-state index in [2.05, 4.69) is 11.1 Å². The van der Waals surface area contributed by atoms with Crippen molar-refractivity contribution in [3.63, 3.8) is 0 Å². The van der Waals surface area contributed by atoms with Crippen molar-refractivity contribution in [2.45, 2.75) is 25.4 Å². The summed E-state index contributed by atoms with van der Waals surface area (Å²) in [5.41, 5.74) is 1.02. The maximum atomic E-state index is 12.9.